The Kier molecular flexibility index (Phi) is 2.08. The molecule has 1 heterocycles. The maximum atomic E-state index is 12.5. The molecule has 0 N–H and O–H groups in total. The Morgan fingerprint density at radius 1 is 1.33 bits per heavy atom. The largest absolute Gasteiger partial charge is 0.510 e. The maximum Gasteiger partial charge on any atom is 0.510 e. The van der Waals surface area contributed by atoms with Gasteiger partial charge in [-0.3, -0.25) is 0 Å². The number of hydrogen-bond acceptors (Lipinski definition) is 1. The number of rotatable bonds is 1. The van der Waals surface area contributed by atoms with Crippen LogP contribution in [0.1, 0.15) is 5.56 Å². The predicted molar refractivity (Wildman–Crippen MR) is 37.6 cm³/mol. The van der Waals surface area contributed by atoms with Crippen molar-refractivity contribution in [3.63, 3.8) is 0 Å². The number of hydrogen-bond donors (Lipinski definition) is 0. The van der Waals surface area contributed by atoms with Gasteiger partial charge in [-0.15, -0.1) is 0 Å². The van der Waals surface area contributed by atoms with E-state index >= 15 is 0 Å². The van der Waals surface area contributed by atoms with Crippen molar-refractivity contribution in [2.24, 2.45) is 0 Å². The van der Waals surface area contributed by atoms with Crippen molar-refractivity contribution in [2.75, 3.05) is 0 Å². The first-order valence-corrected chi connectivity index (χ1v) is 3.24. The quantitative estimate of drug-likeness (QED) is 0.361. The van der Waals surface area contributed by atoms with Gasteiger partial charge in [-0.05, 0) is 12.5 Å². The zero-order chi connectivity index (χ0) is 9.35. The molecule has 0 saturated carbocycles. The summed E-state index contributed by atoms with van der Waals surface area (Å²) in [5.74, 6) is -1.06. The topological polar surface area (TPSA) is 12.9 Å². The lowest BCUT2D eigenvalue weighted by molar-refractivity contribution is 0.497. The van der Waals surface area contributed by atoms with Gasteiger partial charge in [0.1, 0.15) is 0 Å². The molecule has 0 aliphatic heterocycles. The van der Waals surface area contributed by atoms with Gasteiger partial charge in [-0.2, -0.15) is 4.39 Å². The Morgan fingerprint density at radius 3 is 2.33 bits per heavy atom. The third-order valence-electron chi connectivity index (χ3n) is 1.54. The SMILES string of the molecule is Cc1c([B-](F)(F)F)ccnc1F. The molecule has 0 amide bonds. The monoisotopic (exact) mass is 178 g/mol. The fourth-order valence-electron chi connectivity index (χ4n) is 0.879. The Bertz CT molecular complexity index is 296. The highest BCUT2D eigenvalue weighted by molar-refractivity contribution is 6.73. The first-order chi connectivity index (χ1) is 5.43. The van der Waals surface area contributed by atoms with Crippen LogP contribution in [-0.4, -0.2) is 12.0 Å². The van der Waals surface area contributed by atoms with Crippen LogP contribution in [0.25, 0.3) is 0 Å². The third-order valence-corrected chi connectivity index (χ3v) is 1.54. The maximum absolute atomic E-state index is 12.5. The average Bonchev–Trinajstić information content (AvgIpc) is 1.92. The Morgan fingerprint density at radius 2 is 1.92 bits per heavy atom. The first kappa shape index (κ1) is 9.03. The second kappa shape index (κ2) is 2.77. The molecule has 1 aromatic rings. The van der Waals surface area contributed by atoms with Crippen LogP contribution in [0.3, 0.4) is 0 Å². The van der Waals surface area contributed by atoms with Crippen LogP contribution in [0.4, 0.5) is 17.3 Å². The molecule has 1 rings (SSSR count). The van der Waals surface area contributed by atoms with Crippen molar-refractivity contribution in [1.29, 1.82) is 0 Å². The van der Waals surface area contributed by atoms with Crippen molar-refractivity contribution in [3.05, 3.63) is 23.8 Å². The summed E-state index contributed by atoms with van der Waals surface area (Å²) in [5.41, 5.74) is -1.35. The van der Waals surface area contributed by atoms with Gasteiger partial charge in [0, 0.05) is 6.20 Å². The van der Waals surface area contributed by atoms with Crippen LogP contribution in [0.2, 0.25) is 0 Å². The van der Waals surface area contributed by atoms with Gasteiger partial charge < -0.3 is 12.9 Å². The van der Waals surface area contributed by atoms with E-state index < -0.39 is 24.0 Å². The van der Waals surface area contributed by atoms with E-state index in [1.165, 1.54) is 0 Å². The number of aromatic nitrogens is 1. The van der Waals surface area contributed by atoms with E-state index in [2.05, 4.69) is 4.98 Å². The van der Waals surface area contributed by atoms with Gasteiger partial charge in [0.05, 0.1) is 0 Å². The third kappa shape index (κ3) is 1.57. The lowest BCUT2D eigenvalue weighted by Crippen LogP contribution is -2.36. The minimum Gasteiger partial charge on any atom is -0.445 e. The van der Waals surface area contributed by atoms with Crippen molar-refractivity contribution < 1.29 is 17.3 Å². The first-order valence-electron chi connectivity index (χ1n) is 3.24. The molecule has 0 aromatic carbocycles. The summed E-state index contributed by atoms with van der Waals surface area (Å²) < 4.78 is 48.8. The van der Waals surface area contributed by atoms with E-state index in [1.807, 2.05) is 0 Å². The smallest absolute Gasteiger partial charge is 0.445 e. The lowest BCUT2D eigenvalue weighted by Gasteiger charge is -2.16. The number of halogens is 4. The number of pyridine rings is 1. The summed E-state index contributed by atoms with van der Waals surface area (Å²) in [6, 6.07) is 0.776. The molecule has 0 unspecified atom stereocenters. The molecule has 1 nitrogen and oxygen atoms in total. The zero-order valence-corrected chi connectivity index (χ0v) is 6.19. The van der Waals surface area contributed by atoms with Gasteiger partial charge >= 0.3 is 6.98 Å². The van der Waals surface area contributed by atoms with Gasteiger partial charge in [-0.25, -0.2) is 4.98 Å². The Labute approximate surface area is 66.5 Å². The van der Waals surface area contributed by atoms with Crippen LogP contribution in [0, 0.1) is 12.9 Å². The molecule has 66 valence electrons. The lowest BCUT2D eigenvalue weighted by atomic mass is 9.78. The summed E-state index contributed by atoms with van der Waals surface area (Å²) >= 11 is 0. The molecular formula is C6H5BF4N-. The molecule has 6 heteroatoms. The molecule has 0 radical (unpaired) electrons. The highest BCUT2D eigenvalue weighted by Crippen LogP contribution is 2.12. The van der Waals surface area contributed by atoms with Gasteiger partial charge in [0.25, 0.3) is 0 Å². The molecule has 1 aromatic heterocycles. The standard InChI is InChI=1S/C6H5BF4N/c1-4-5(7(9,10)11)2-3-12-6(4)8/h2-3H,1H3/q-1. The summed E-state index contributed by atoms with van der Waals surface area (Å²) in [6.45, 7) is -4.07. The van der Waals surface area contributed by atoms with E-state index in [1.54, 1.807) is 0 Å². The molecule has 0 atom stereocenters. The zero-order valence-electron chi connectivity index (χ0n) is 6.19. The van der Waals surface area contributed by atoms with Gasteiger partial charge in [0.15, 0.2) is 0 Å². The van der Waals surface area contributed by atoms with Crippen LogP contribution < -0.4 is 5.46 Å². The molecule has 0 spiro atoms. The molecule has 0 bridgehead atoms. The van der Waals surface area contributed by atoms with Crippen LogP contribution in [0.15, 0.2) is 12.3 Å². The minimum atomic E-state index is -5.13. The van der Waals surface area contributed by atoms with Crippen LogP contribution >= 0.6 is 0 Å². The van der Waals surface area contributed by atoms with Crippen LogP contribution in [-0.2, 0) is 0 Å². The molecule has 12 heavy (non-hydrogen) atoms. The van der Waals surface area contributed by atoms with Gasteiger partial charge in [-0.1, -0.05) is 11.5 Å². The Hall–Kier alpha value is -1.07. The van der Waals surface area contributed by atoms with Crippen LogP contribution in [0.5, 0.6) is 0 Å². The summed E-state index contributed by atoms with van der Waals surface area (Å²) in [7, 11) is 0. The molecule has 0 fully saturated rings. The van der Waals surface area contributed by atoms with Gasteiger partial charge in [0.2, 0.25) is 5.95 Å². The summed E-state index contributed by atoms with van der Waals surface area (Å²) in [5, 5.41) is 0. The van der Waals surface area contributed by atoms with Crippen molar-refractivity contribution in [2.45, 2.75) is 6.92 Å². The molecular weight excluding hydrogens is 173 g/mol. The summed E-state index contributed by atoms with van der Waals surface area (Å²) in [4.78, 5) is 3.10. The van der Waals surface area contributed by atoms with E-state index in [-0.39, 0.29) is 0 Å². The van der Waals surface area contributed by atoms with E-state index in [9.17, 15) is 17.3 Å². The molecule has 0 aliphatic carbocycles. The second-order valence-electron chi connectivity index (χ2n) is 2.39. The van der Waals surface area contributed by atoms with E-state index in [0.29, 0.717) is 0 Å². The van der Waals surface area contributed by atoms with E-state index in [4.69, 9.17) is 0 Å². The second-order valence-corrected chi connectivity index (χ2v) is 2.39. The van der Waals surface area contributed by atoms with Crippen molar-refractivity contribution >= 4 is 12.4 Å². The highest BCUT2D eigenvalue weighted by atomic mass is 19.4. The number of nitrogens with zero attached hydrogens (tertiary/aromatic N) is 1. The molecule has 0 aliphatic rings. The van der Waals surface area contributed by atoms with Crippen molar-refractivity contribution in [1.82, 2.24) is 4.98 Å². The Balaban J connectivity index is 3.26. The fraction of sp³-hybridized carbons (Fsp3) is 0.167. The average molecular weight is 178 g/mol. The van der Waals surface area contributed by atoms with Crippen molar-refractivity contribution in [3.8, 4) is 0 Å². The normalized spacial score (nSPS) is 11.8. The minimum absolute atomic E-state index is 0.440. The highest BCUT2D eigenvalue weighted by Gasteiger charge is 2.28. The molecule has 0 saturated heterocycles. The summed E-state index contributed by atoms with van der Waals surface area (Å²) in [6.07, 6.45) is 0.812. The van der Waals surface area contributed by atoms with E-state index in [0.717, 1.165) is 19.2 Å². The predicted octanol–water partition coefficient (Wildman–Crippen LogP) is 1.58. The fourth-order valence-corrected chi connectivity index (χ4v) is 0.879.